The van der Waals surface area contributed by atoms with E-state index in [-0.39, 0.29) is 0 Å². The van der Waals surface area contributed by atoms with E-state index in [1.165, 1.54) is 24.8 Å². The smallest absolute Gasteiger partial charge is 0.0468 e. The maximum Gasteiger partial charge on any atom is 0.0468 e. The van der Waals surface area contributed by atoms with Gasteiger partial charge in [0.1, 0.15) is 0 Å². The van der Waals surface area contributed by atoms with E-state index in [4.69, 9.17) is 23.2 Å². The van der Waals surface area contributed by atoms with Gasteiger partial charge in [0.05, 0.1) is 0 Å². The Bertz CT molecular complexity index is 474. The second-order valence-corrected chi connectivity index (χ2v) is 6.93. The molecule has 1 N–H and O–H groups in total. The summed E-state index contributed by atoms with van der Waals surface area (Å²) in [5.41, 5.74) is 1.19. The normalized spacial score (nSPS) is 26.2. The molecule has 4 heteroatoms. The molecule has 2 unspecified atom stereocenters. The average Bonchev–Trinajstić information content (AvgIpc) is 3.24. The minimum Gasteiger partial charge on any atom is -0.312 e. The summed E-state index contributed by atoms with van der Waals surface area (Å²) < 4.78 is 0. The van der Waals surface area contributed by atoms with Crippen LogP contribution >= 0.6 is 23.2 Å². The Morgan fingerprint density at radius 1 is 1.30 bits per heavy atom. The number of benzene rings is 1. The van der Waals surface area contributed by atoms with Crippen molar-refractivity contribution in [1.82, 2.24) is 10.2 Å². The van der Waals surface area contributed by atoms with Crippen LogP contribution in [0.2, 0.25) is 10.0 Å². The van der Waals surface area contributed by atoms with Crippen LogP contribution in [-0.4, -0.2) is 30.6 Å². The summed E-state index contributed by atoms with van der Waals surface area (Å²) in [5, 5.41) is 5.20. The number of nitrogens with zero attached hydrogens (tertiary/aromatic N) is 1. The van der Waals surface area contributed by atoms with Gasteiger partial charge in [0, 0.05) is 35.2 Å². The molecule has 0 spiro atoms. The van der Waals surface area contributed by atoms with Gasteiger partial charge >= 0.3 is 0 Å². The van der Waals surface area contributed by atoms with E-state index < -0.39 is 0 Å². The molecule has 0 radical (unpaired) electrons. The molecule has 2 atom stereocenters. The molecule has 1 heterocycles. The van der Waals surface area contributed by atoms with Crippen LogP contribution in [0.3, 0.4) is 0 Å². The highest BCUT2D eigenvalue weighted by Crippen LogP contribution is 2.36. The zero-order valence-corrected chi connectivity index (χ0v) is 13.4. The van der Waals surface area contributed by atoms with E-state index in [9.17, 15) is 0 Å². The first-order chi connectivity index (χ1) is 9.65. The first-order valence-electron chi connectivity index (χ1n) is 7.57. The van der Waals surface area contributed by atoms with Crippen molar-refractivity contribution in [1.29, 1.82) is 0 Å². The first-order valence-corrected chi connectivity index (χ1v) is 8.33. The van der Waals surface area contributed by atoms with Crippen LogP contribution in [0.4, 0.5) is 0 Å². The zero-order valence-electron chi connectivity index (χ0n) is 11.9. The Morgan fingerprint density at radius 2 is 2.10 bits per heavy atom. The molecule has 2 fully saturated rings. The monoisotopic (exact) mass is 312 g/mol. The number of rotatable bonds is 3. The fraction of sp³-hybridized carbons (Fsp3) is 0.625. The lowest BCUT2D eigenvalue weighted by atomic mass is 10.1. The van der Waals surface area contributed by atoms with Crippen molar-refractivity contribution in [2.45, 2.75) is 38.3 Å². The molecular weight excluding hydrogens is 291 g/mol. The predicted molar refractivity (Wildman–Crippen MR) is 85.6 cm³/mol. The lowest BCUT2D eigenvalue weighted by molar-refractivity contribution is 0.200. The minimum absolute atomic E-state index is 0.348. The molecule has 0 bridgehead atoms. The molecule has 1 aliphatic heterocycles. The van der Waals surface area contributed by atoms with Gasteiger partial charge < -0.3 is 5.32 Å². The highest BCUT2D eigenvalue weighted by atomic mass is 35.5. The summed E-state index contributed by atoms with van der Waals surface area (Å²) in [7, 11) is 0. The molecule has 2 aliphatic rings. The van der Waals surface area contributed by atoms with Crippen molar-refractivity contribution in [2.24, 2.45) is 5.92 Å². The van der Waals surface area contributed by atoms with E-state index in [2.05, 4.69) is 23.2 Å². The van der Waals surface area contributed by atoms with Gasteiger partial charge in [0.2, 0.25) is 0 Å². The quantitative estimate of drug-likeness (QED) is 0.903. The molecular formula is C16H22Cl2N2. The third-order valence-electron chi connectivity index (χ3n) is 4.61. The minimum atomic E-state index is 0.348. The van der Waals surface area contributed by atoms with Crippen LogP contribution in [0.1, 0.15) is 37.8 Å². The van der Waals surface area contributed by atoms with Crippen molar-refractivity contribution >= 4 is 23.2 Å². The predicted octanol–water partition coefficient (Wildman–Crippen LogP) is 4.13. The molecule has 1 saturated heterocycles. The van der Waals surface area contributed by atoms with Gasteiger partial charge in [0.25, 0.3) is 0 Å². The van der Waals surface area contributed by atoms with Crippen LogP contribution in [0.25, 0.3) is 0 Å². The summed E-state index contributed by atoms with van der Waals surface area (Å²) in [6.45, 7) is 5.66. The third kappa shape index (κ3) is 3.30. The van der Waals surface area contributed by atoms with E-state index in [0.717, 1.165) is 30.6 Å². The van der Waals surface area contributed by atoms with Gasteiger partial charge in [-0.3, -0.25) is 4.90 Å². The van der Waals surface area contributed by atoms with Gasteiger partial charge in [-0.25, -0.2) is 0 Å². The van der Waals surface area contributed by atoms with E-state index >= 15 is 0 Å². The van der Waals surface area contributed by atoms with Gasteiger partial charge in [-0.1, -0.05) is 29.3 Å². The van der Waals surface area contributed by atoms with Gasteiger partial charge in [0.15, 0.2) is 0 Å². The SMILES string of the molecule is CC(c1ccc(Cl)cc1Cl)N1CCCNC(C2CC2)C1. The molecule has 1 aromatic carbocycles. The maximum atomic E-state index is 6.37. The van der Waals surface area contributed by atoms with Crippen LogP contribution in [0.15, 0.2) is 18.2 Å². The Hall–Kier alpha value is -0.280. The van der Waals surface area contributed by atoms with E-state index in [0.29, 0.717) is 17.1 Å². The summed E-state index contributed by atoms with van der Waals surface area (Å²) in [4.78, 5) is 2.57. The van der Waals surface area contributed by atoms with Gasteiger partial charge in [-0.15, -0.1) is 0 Å². The second-order valence-electron chi connectivity index (χ2n) is 6.09. The molecule has 1 aromatic rings. The molecule has 3 rings (SSSR count). The number of halogens is 2. The molecule has 110 valence electrons. The highest BCUT2D eigenvalue weighted by molar-refractivity contribution is 6.35. The number of hydrogen-bond donors (Lipinski definition) is 1. The zero-order chi connectivity index (χ0) is 14.1. The molecule has 20 heavy (non-hydrogen) atoms. The van der Waals surface area contributed by atoms with Crippen LogP contribution in [0, 0.1) is 5.92 Å². The van der Waals surface area contributed by atoms with Crippen molar-refractivity contribution in [2.75, 3.05) is 19.6 Å². The molecule has 0 aromatic heterocycles. The highest BCUT2D eigenvalue weighted by Gasteiger charge is 2.34. The Kier molecular flexibility index (Phi) is 4.56. The second kappa shape index (κ2) is 6.23. The largest absolute Gasteiger partial charge is 0.312 e. The lowest BCUT2D eigenvalue weighted by Crippen LogP contribution is -2.40. The maximum absolute atomic E-state index is 6.37. The Labute approximate surface area is 131 Å². The van der Waals surface area contributed by atoms with Crippen molar-refractivity contribution in [3.63, 3.8) is 0 Å². The molecule has 1 aliphatic carbocycles. The lowest BCUT2D eigenvalue weighted by Gasteiger charge is -2.31. The summed E-state index contributed by atoms with van der Waals surface area (Å²) in [6, 6.07) is 6.86. The summed E-state index contributed by atoms with van der Waals surface area (Å²) >= 11 is 12.4. The molecule has 0 amide bonds. The van der Waals surface area contributed by atoms with Gasteiger partial charge in [-0.05, 0) is 56.3 Å². The fourth-order valence-electron chi connectivity index (χ4n) is 3.18. The standard InChI is InChI=1S/C16H22Cl2N2/c1-11(14-6-5-13(17)9-15(14)18)20-8-2-7-19-16(10-20)12-3-4-12/h5-6,9,11-12,16,19H,2-4,7-8,10H2,1H3. The van der Waals surface area contributed by atoms with Crippen molar-refractivity contribution < 1.29 is 0 Å². The first kappa shape index (κ1) is 14.6. The third-order valence-corrected chi connectivity index (χ3v) is 5.17. The van der Waals surface area contributed by atoms with E-state index in [1.807, 2.05) is 12.1 Å². The van der Waals surface area contributed by atoms with Crippen LogP contribution in [-0.2, 0) is 0 Å². The van der Waals surface area contributed by atoms with Gasteiger partial charge in [-0.2, -0.15) is 0 Å². The van der Waals surface area contributed by atoms with E-state index in [1.54, 1.807) is 0 Å². The number of nitrogens with one attached hydrogen (secondary N) is 1. The van der Waals surface area contributed by atoms with Crippen LogP contribution < -0.4 is 5.32 Å². The Balaban J connectivity index is 1.75. The summed E-state index contributed by atoms with van der Waals surface area (Å²) in [5.74, 6) is 0.892. The fourth-order valence-corrected chi connectivity index (χ4v) is 3.75. The number of hydrogen-bond acceptors (Lipinski definition) is 2. The molecule has 1 saturated carbocycles. The van der Waals surface area contributed by atoms with Crippen molar-refractivity contribution in [3.8, 4) is 0 Å². The summed E-state index contributed by atoms with van der Waals surface area (Å²) in [6.07, 6.45) is 3.99. The van der Waals surface area contributed by atoms with Crippen molar-refractivity contribution in [3.05, 3.63) is 33.8 Å². The average molecular weight is 313 g/mol. The van der Waals surface area contributed by atoms with Crippen LogP contribution in [0.5, 0.6) is 0 Å². The molecule has 2 nitrogen and oxygen atoms in total. The topological polar surface area (TPSA) is 15.3 Å². The Morgan fingerprint density at radius 3 is 2.80 bits per heavy atom.